The Balaban J connectivity index is 1.57. The first-order chi connectivity index (χ1) is 12.8. The van der Waals surface area contributed by atoms with Crippen LogP contribution >= 0.6 is 0 Å². The Morgan fingerprint density at radius 1 is 1.00 bits per heavy atom. The first-order valence-corrected chi connectivity index (χ1v) is 8.68. The number of aryl methyl sites for hydroxylation is 1. The van der Waals surface area contributed by atoms with E-state index in [1.54, 1.807) is 37.2 Å². The molecule has 0 saturated carbocycles. The highest BCUT2D eigenvalue weighted by atomic mass is 15.2. The summed E-state index contributed by atoms with van der Waals surface area (Å²) in [7, 11) is 0. The van der Waals surface area contributed by atoms with Gasteiger partial charge in [0.2, 0.25) is 5.95 Å². The number of piperidine rings is 1. The van der Waals surface area contributed by atoms with E-state index in [2.05, 4.69) is 40.1 Å². The Kier molecular flexibility index (Phi) is 4.63. The fraction of sp³-hybridized carbons (Fsp3) is 0.333. The van der Waals surface area contributed by atoms with E-state index in [-0.39, 0.29) is 5.92 Å². The molecule has 26 heavy (non-hydrogen) atoms. The Morgan fingerprint density at radius 2 is 1.85 bits per heavy atom. The molecule has 3 aromatic rings. The molecule has 0 aromatic carbocycles. The maximum atomic E-state index is 4.60. The summed E-state index contributed by atoms with van der Waals surface area (Å²) in [6, 6.07) is 3.81. The van der Waals surface area contributed by atoms with Crippen LogP contribution in [0.4, 0.5) is 17.6 Å². The number of nitrogens with zero attached hydrogens (tertiary/aromatic N) is 7. The summed E-state index contributed by atoms with van der Waals surface area (Å²) in [5.74, 6) is 2.46. The van der Waals surface area contributed by atoms with Crippen LogP contribution in [0.3, 0.4) is 0 Å². The lowest BCUT2D eigenvalue weighted by Gasteiger charge is -2.33. The van der Waals surface area contributed by atoms with Gasteiger partial charge in [0.1, 0.15) is 12.1 Å². The highest BCUT2D eigenvalue weighted by molar-refractivity contribution is 5.52. The maximum absolute atomic E-state index is 4.60. The van der Waals surface area contributed by atoms with Crippen molar-refractivity contribution in [1.29, 1.82) is 0 Å². The topological polar surface area (TPSA) is 92.6 Å². The van der Waals surface area contributed by atoms with Crippen LogP contribution in [0.25, 0.3) is 0 Å². The van der Waals surface area contributed by atoms with E-state index in [1.165, 1.54) is 0 Å². The third-order valence-electron chi connectivity index (χ3n) is 4.44. The van der Waals surface area contributed by atoms with Crippen molar-refractivity contribution >= 4 is 17.6 Å². The van der Waals surface area contributed by atoms with Crippen LogP contribution in [0, 0.1) is 6.92 Å². The van der Waals surface area contributed by atoms with Crippen molar-refractivity contribution in [2.24, 2.45) is 0 Å². The second kappa shape index (κ2) is 7.38. The van der Waals surface area contributed by atoms with Crippen molar-refractivity contribution in [1.82, 2.24) is 29.9 Å². The first kappa shape index (κ1) is 16.3. The zero-order valence-corrected chi connectivity index (χ0v) is 14.6. The lowest BCUT2D eigenvalue weighted by atomic mass is 9.94. The average molecular weight is 348 g/mol. The minimum atomic E-state index is 0.263. The van der Waals surface area contributed by atoms with Gasteiger partial charge in [0.05, 0.1) is 5.69 Å². The fourth-order valence-electron chi connectivity index (χ4n) is 3.24. The number of hydrogen-bond donors (Lipinski definition) is 1. The van der Waals surface area contributed by atoms with Crippen LogP contribution in [-0.2, 0) is 0 Å². The monoisotopic (exact) mass is 348 g/mol. The van der Waals surface area contributed by atoms with E-state index in [0.29, 0.717) is 11.8 Å². The fourth-order valence-corrected chi connectivity index (χ4v) is 3.24. The van der Waals surface area contributed by atoms with Gasteiger partial charge >= 0.3 is 0 Å². The summed E-state index contributed by atoms with van der Waals surface area (Å²) in [6.45, 7) is 3.81. The second-order valence-electron chi connectivity index (χ2n) is 6.29. The predicted octanol–water partition coefficient (Wildman–Crippen LogP) is 2.49. The van der Waals surface area contributed by atoms with Crippen LogP contribution < -0.4 is 10.2 Å². The lowest BCUT2D eigenvalue weighted by molar-refractivity contribution is 0.498. The van der Waals surface area contributed by atoms with Crippen LogP contribution in [0.2, 0.25) is 0 Å². The summed E-state index contributed by atoms with van der Waals surface area (Å²) >= 11 is 0. The van der Waals surface area contributed by atoms with E-state index >= 15 is 0 Å². The normalized spacial score (nSPS) is 17.1. The quantitative estimate of drug-likeness (QED) is 0.769. The highest BCUT2D eigenvalue weighted by Gasteiger charge is 2.26. The summed E-state index contributed by atoms with van der Waals surface area (Å²) in [6.07, 6.45) is 10.6. The van der Waals surface area contributed by atoms with Crippen LogP contribution in [0.1, 0.15) is 30.1 Å². The Labute approximate surface area is 151 Å². The molecule has 8 heteroatoms. The molecule has 4 rings (SSSR count). The average Bonchev–Trinajstić information content (AvgIpc) is 2.69. The molecule has 132 valence electrons. The van der Waals surface area contributed by atoms with Gasteiger partial charge in [-0.15, -0.1) is 0 Å². The van der Waals surface area contributed by atoms with Crippen molar-refractivity contribution in [3.63, 3.8) is 0 Å². The molecule has 1 N–H and O–H groups in total. The third-order valence-corrected chi connectivity index (χ3v) is 4.44. The SMILES string of the molecule is Cc1cc(N2CCC[C@H](c3nccnc3Nc3ncccn3)C2)ncn1. The predicted molar refractivity (Wildman–Crippen MR) is 98.3 cm³/mol. The summed E-state index contributed by atoms with van der Waals surface area (Å²) in [5, 5.41) is 3.19. The molecule has 0 bridgehead atoms. The number of rotatable bonds is 4. The number of anilines is 3. The number of nitrogens with one attached hydrogen (secondary N) is 1. The van der Waals surface area contributed by atoms with Crippen LogP contribution in [0.15, 0.2) is 43.2 Å². The van der Waals surface area contributed by atoms with Gasteiger partial charge in [-0.1, -0.05) is 0 Å². The van der Waals surface area contributed by atoms with Gasteiger partial charge in [-0.3, -0.25) is 4.98 Å². The van der Waals surface area contributed by atoms with Crippen molar-refractivity contribution in [2.45, 2.75) is 25.7 Å². The summed E-state index contributed by atoms with van der Waals surface area (Å²) in [4.78, 5) is 28.4. The number of hydrogen-bond acceptors (Lipinski definition) is 8. The molecule has 0 radical (unpaired) electrons. The van der Waals surface area contributed by atoms with E-state index in [0.717, 1.165) is 43.1 Å². The van der Waals surface area contributed by atoms with E-state index in [4.69, 9.17) is 0 Å². The van der Waals surface area contributed by atoms with E-state index in [1.807, 2.05) is 13.0 Å². The van der Waals surface area contributed by atoms with E-state index in [9.17, 15) is 0 Å². The lowest BCUT2D eigenvalue weighted by Crippen LogP contribution is -2.35. The standard InChI is InChI=1S/C18H20N8/c1-13-10-15(24-12-23-13)26-9-2-4-14(11-26)16-17(20-8-7-19-16)25-18-21-5-3-6-22-18/h3,5-8,10,12,14H,2,4,9,11H2,1H3,(H,20,21,22,25)/t14-/m0/s1. The molecule has 0 unspecified atom stereocenters. The van der Waals surface area contributed by atoms with Gasteiger partial charge in [0, 0.05) is 55.6 Å². The highest BCUT2D eigenvalue weighted by Crippen LogP contribution is 2.31. The van der Waals surface area contributed by atoms with Gasteiger partial charge < -0.3 is 10.2 Å². The van der Waals surface area contributed by atoms with Gasteiger partial charge in [-0.2, -0.15) is 0 Å². The molecule has 4 heterocycles. The minimum absolute atomic E-state index is 0.263. The second-order valence-corrected chi connectivity index (χ2v) is 6.29. The van der Waals surface area contributed by atoms with Gasteiger partial charge in [0.15, 0.2) is 5.82 Å². The molecular weight excluding hydrogens is 328 g/mol. The van der Waals surface area contributed by atoms with E-state index < -0.39 is 0 Å². The molecule has 1 fully saturated rings. The molecular formula is C18H20N8. The van der Waals surface area contributed by atoms with Crippen molar-refractivity contribution in [3.05, 3.63) is 54.6 Å². The van der Waals surface area contributed by atoms with Crippen molar-refractivity contribution in [3.8, 4) is 0 Å². The first-order valence-electron chi connectivity index (χ1n) is 8.68. The Bertz CT molecular complexity index is 870. The van der Waals surface area contributed by atoms with Gasteiger partial charge in [-0.05, 0) is 25.8 Å². The minimum Gasteiger partial charge on any atom is -0.356 e. The molecule has 0 spiro atoms. The molecule has 0 amide bonds. The van der Waals surface area contributed by atoms with Crippen molar-refractivity contribution < 1.29 is 0 Å². The summed E-state index contributed by atoms with van der Waals surface area (Å²) in [5.41, 5.74) is 1.91. The molecule has 0 aliphatic carbocycles. The van der Waals surface area contributed by atoms with Crippen LogP contribution in [0.5, 0.6) is 0 Å². The van der Waals surface area contributed by atoms with Gasteiger partial charge in [0.25, 0.3) is 0 Å². The summed E-state index contributed by atoms with van der Waals surface area (Å²) < 4.78 is 0. The van der Waals surface area contributed by atoms with Crippen LogP contribution in [-0.4, -0.2) is 43.0 Å². The zero-order valence-electron chi connectivity index (χ0n) is 14.6. The Morgan fingerprint density at radius 3 is 2.69 bits per heavy atom. The largest absolute Gasteiger partial charge is 0.356 e. The smallest absolute Gasteiger partial charge is 0.228 e. The maximum Gasteiger partial charge on any atom is 0.228 e. The molecule has 8 nitrogen and oxygen atoms in total. The third kappa shape index (κ3) is 3.58. The molecule has 1 saturated heterocycles. The molecule has 1 aliphatic rings. The van der Waals surface area contributed by atoms with Crippen molar-refractivity contribution in [2.75, 3.05) is 23.3 Å². The molecule has 3 aromatic heterocycles. The molecule has 1 atom stereocenters. The Hall–Kier alpha value is -3.16. The zero-order chi connectivity index (χ0) is 17.8. The van der Waals surface area contributed by atoms with Gasteiger partial charge in [-0.25, -0.2) is 24.9 Å². The molecule has 1 aliphatic heterocycles. The number of aromatic nitrogens is 6.